The predicted octanol–water partition coefficient (Wildman–Crippen LogP) is 4.87. The number of amides is 2. The normalized spacial score (nSPS) is 18.3. The average Bonchev–Trinajstić information content (AvgIpc) is 3.24. The van der Waals surface area contributed by atoms with Crippen molar-refractivity contribution < 1.29 is 14.0 Å². The minimum Gasteiger partial charge on any atom is -0.352 e. The number of rotatable bonds is 8. The first-order valence-electron chi connectivity index (χ1n) is 11.9. The van der Waals surface area contributed by atoms with Crippen LogP contribution in [0.2, 0.25) is 0 Å². The van der Waals surface area contributed by atoms with Crippen LogP contribution in [0.25, 0.3) is 0 Å². The number of hydrogen-bond acceptors (Lipinski definition) is 5. The Labute approximate surface area is 209 Å². The molecule has 3 aromatic rings. The second-order valence-corrected chi connectivity index (χ2v) is 10.3. The predicted molar refractivity (Wildman–Crippen MR) is 137 cm³/mol. The highest BCUT2D eigenvalue weighted by Crippen LogP contribution is 2.22. The fourth-order valence-electron chi connectivity index (χ4n) is 4.62. The quantitative estimate of drug-likeness (QED) is 0.469. The van der Waals surface area contributed by atoms with E-state index in [0.29, 0.717) is 17.4 Å². The Bertz CT molecular complexity index is 1150. The van der Waals surface area contributed by atoms with Crippen molar-refractivity contribution in [3.05, 3.63) is 82.1 Å². The number of anilines is 1. The van der Waals surface area contributed by atoms with E-state index in [4.69, 9.17) is 0 Å². The zero-order valence-corrected chi connectivity index (χ0v) is 20.9. The van der Waals surface area contributed by atoms with Crippen LogP contribution < -0.4 is 10.6 Å². The molecule has 2 aromatic carbocycles. The van der Waals surface area contributed by atoms with E-state index in [9.17, 15) is 14.0 Å². The number of thiazole rings is 1. The summed E-state index contributed by atoms with van der Waals surface area (Å²) in [6.45, 7) is 8.34. The molecule has 2 unspecified atom stereocenters. The monoisotopic (exact) mass is 494 g/mol. The lowest BCUT2D eigenvalue weighted by Gasteiger charge is -2.35. The number of carbonyl (C=O) groups is 2. The average molecular weight is 495 g/mol. The second-order valence-electron chi connectivity index (χ2n) is 9.49. The van der Waals surface area contributed by atoms with Crippen molar-refractivity contribution in [3.63, 3.8) is 0 Å². The first-order valence-corrected chi connectivity index (χ1v) is 12.8. The Balaban J connectivity index is 1.22. The summed E-state index contributed by atoms with van der Waals surface area (Å²) in [5.41, 5.74) is 2.83. The third-order valence-corrected chi connectivity index (χ3v) is 6.90. The molecule has 35 heavy (non-hydrogen) atoms. The van der Waals surface area contributed by atoms with Crippen LogP contribution >= 0.6 is 11.3 Å². The van der Waals surface area contributed by atoms with Crippen LogP contribution in [0.15, 0.2) is 53.9 Å². The van der Waals surface area contributed by atoms with Crippen LogP contribution in [0.3, 0.4) is 0 Å². The van der Waals surface area contributed by atoms with Crippen molar-refractivity contribution in [2.45, 2.75) is 39.8 Å². The molecule has 1 fully saturated rings. The summed E-state index contributed by atoms with van der Waals surface area (Å²) < 4.78 is 13.8. The van der Waals surface area contributed by atoms with Crippen molar-refractivity contribution >= 4 is 28.3 Å². The molecule has 2 heterocycles. The van der Waals surface area contributed by atoms with Gasteiger partial charge in [-0.05, 0) is 41.5 Å². The Morgan fingerprint density at radius 3 is 2.46 bits per heavy atom. The molecule has 0 aliphatic carbocycles. The van der Waals surface area contributed by atoms with Crippen LogP contribution in [-0.4, -0.2) is 34.8 Å². The van der Waals surface area contributed by atoms with E-state index in [1.54, 1.807) is 11.4 Å². The highest BCUT2D eigenvalue weighted by atomic mass is 32.1. The minimum absolute atomic E-state index is 0.0481. The molecule has 4 rings (SSSR count). The molecule has 0 spiro atoms. The Hall–Kier alpha value is -3.10. The zero-order valence-electron chi connectivity index (χ0n) is 20.1. The molecule has 0 bridgehead atoms. The fourth-order valence-corrected chi connectivity index (χ4v) is 5.33. The summed E-state index contributed by atoms with van der Waals surface area (Å²) in [6, 6.07) is 14.2. The van der Waals surface area contributed by atoms with Crippen LogP contribution in [-0.2, 0) is 24.3 Å². The van der Waals surface area contributed by atoms with Gasteiger partial charge < -0.3 is 5.32 Å². The number of halogens is 1. The first kappa shape index (κ1) is 25.0. The summed E-state index contributed by atoms with van der Waals surface area (Å²) in [5, 5.41) is 7.55. The number of piperidine rings is 1. The van der Waals surface area contributed by atoms with Crippen molar-refractivity contribution in [2.24, 2.45) is 11.8 Å². The molecule has 2 atom stereocenters. The van der Waals surface area contributed by atoms with Crippen molar-refractivity contribution in [2.75, 3.05) is 18.4 Å². The van der Waals surface area contributed by atoms with E-state index in [1.807, 2.05) is 0 Å². The Morgan fingerprint density at radius 1 is 1.06 bits per heavy atom. The third-order valence-electron chi connectivity index (χ3n) is 6.10. The van der Waals surface area contributed by atoms with Crippen molar-refractivity contribution in [1.29, 1.82) is 0 Å². The molecule has 1 aromatic heterocycles. The van der Waals surface area contributed by atoms with E-state index >= 15 is 0 Å². The van der Waals surface area contributed by atoms with Crippen LogP contribution in [0.1, 0.15) is 47.4 Å². The van der Waals surface area contributed by atoms with Gasteiger partial charge in [0.1, 0.15) is 5.82 Å². The first-order chi connectivity index (χ1) is 16.9. The molecule has 8 heteroatoms. The lowest BCUT2D eigenvalue weighted by Crippen LogP contribution is -2.38. The topological polar surface area (TPSA) is 74.3 Å². The smallest absolute Gasteiger partial charge is 0.260 e. The van der Waals surface area contributed by atoms with Crippen LogP contribution in [0.5, 0.6) is 0 Å². The number of benzene rings is 2. The summed E-state index contributed by atoms with van der Waals surface area (Å²) >= 11 is 1.20. The van der Waals surface area contributed by atoms with E-state index in [0.717, 1.165) is 37.0 Å². The molecule has 1 saturated heterocycles. The lowest BCUT2D eigenvalue weighted by molar-refractivity contribution is -0.120. The number of nitrogens with zero attached hydrogens (tertiary/aromatic N) is 2. The van der Waals surface area contributed by atoms with Gasteiger partial charge in [-0.3, -0.25) is 19.8 Å². The summed E-state index contributed by atoms with van der Waals surface area (Å²) in [7, 11) is 0. The van der Waals surface area contributed by atoms with E-state index in [-0.39, 0.29) is 17.9 Å². The maximum absolute atomic E-state index is 13.8. The molecule has 6 nitrogen and oxygen atoms in total. The Kier molecular flexibility index (Phi) is 8.25. The summed E-state index contributed by atoms with van der Waals surface area (Å²) in [4.78, 5) is 31.4. The van der Waals surface area contributed by atoms with Crippen LogP contribution in [0, 0.1) is 17.7 Å². The number of nitrogens with one attached hydrogen (secondary N) is 2. The van der Waals surface area contributed by atoms with Gasteiger partial charge in [-0.2, -0.15) is 0 Å². The molecule has 0 saturated carbocycles. The maximum Gasteiger partial charge on any atom is 0.260 e. The maximum atomic E-state index is 13.8. The third kappa shape index (κ3) is 7.19. The number of likely N-dealkylation sites (tertiary alicyclic amines) is 1. The van der Waals surface area contributed by atoms with Crippen molar-refractivity contribution in [3.8, 4) is 0 Å². The molecule has 1 aliphatic heterocycles. The Morgan fingerprint density at radius 2 is 1.74 bits per heavy atom. The van der Waals surface area contributed by atoms with Gasteiger partial charge in [0, 0.05) is 31.6 Å². The standard InChI is InChI=1S/C27H31FN4O2S/c1-18-11-19(2)15-32(14-18)16-21-9-7-20(8-10-21)13-29-25(33)12-22-17-35-27(30-22)31-26(34)23-5-3-4-6-24(23)28/h3-10,17-19H,11-16H2,1-2H3,(H,29,33)(H,30,31,34). The SMILES string of the molecule is CC1CC(C)CN(Cc2ccc(CNC(=O)Cc3csc(NC(=O)c4ccccc4F)n3)cc2)C1. The highest BCUT2D eigenvalue weighted by molar-refractivity contribution is 7.14. The van der Waals surface area contributed by atoms with Gasteiger partial charge in [0.15, 0.2) is 5.13 Å². The van der Waals surface area contributed by atoms with Gasteiger partial charge in [-0.15, -0.1) is 11.3 Å². The van der Waals surface area contributed by atoms with Crippen molar-refractivity contribution in [1.82, 2.24) is 15.2 Å². The van der Waals surface area contributed by atoms with E-state index < -0.39 is 11.7 Å². The van der Waals surface area contributed by atoms with Gasteiger partial charge in [-0.1, -0.05) is 50.2 Å². The second kappa shape index (κ2) is 11.6. The van der Waals surface area contributed by atoms with Gasteiger partial charge in [0.05, 0.1) is 17.7 Å². The molecule has 184 valence electrons. The van der Waals surface area contributed by atoms with Gasteiger partial charge in [0.2, 0.25) is 5.91 Å². The largest absolute Gasteiger partial charge is 0.352 e. The lowest BCUT2D eigenvalue weighted by atomic mass is 9.91. The zero-order chi connectivity index (χ0) is 24.8. The molecule has 2 amide bonds. The molecule has 1 aliphatic rings. The number of carbonyl (C=O) groups excluding carboxylic acids is 2. The number of hydrogen-bond donors (Lipinski definition) is 2. The molecular weight excluding hydrogens is 463 g/mol. The minimum atomic E-state index is -0.593. The molecular formula is C27H31FN4O2S. The number of aromatic nitrogens is 1. The van der Waals surface area contributed by atoms with Gasteiger partial charge in [0.25, 0.3) is 5.91 Å². The van der Waals surface area contributed by atoms with E-state index in [2.05, 4.69) is 58.6 Å². The molecule has 0 radical (unpaired) electrons. The van der Waals surface area contributed by atoms with Gasteiger partial charge >= 0.3 is 0 Å². The summed E-state index contributed by atoms with van der Waals surface area (Å²) in [5.74, 6) is 0.170. The summed E-state index contributed by atoms with van der Waals surface area (Å²) in [6.07, 6.45) is 1.41. The van der Waals surface area contributed by atoms with Crippen LogP contribution in [0.4, 0.5) is 9.52 Å². The van der Waals surface area contributed by atoms with Gasteiger partial charge in [-0.25, -0.2) is 9.37 Å². The molecule has 2 N–H and O–H groups in total. The fraction of sp³-hybridized carbons (Fsp3) is 0.370. The van der Waals surface area contributed by atoms with E-state index in [1.165, 1.54) is 41.5 Å². The highest BCUT2D eigenvalue weighted by Gasteiger charge is 2.21.